The molecule has 20 heavy (non-hydrogen) atoms. The number of hydrogen-bond acceptors (Lipinski definition) is 3. The Labute approximate surface area is 122 Å². The molecule has 0 aromatic carbocycles. The van der Waals surface area contributed by atoms with Gasteiger partial charge in [-0.3, -0.25) is 10.1 Å². The van der Waals surface area contributed by atoms with Crippen LogP contribution in [0.25, 0.3) is 0 Å². The van der Waals surface area contributed by atoms with E-state index < -0.39 is 0 Å². The molecule has 2 aliphatic rings. The minimum absolute atomic E-state index is 0.0929. The molecule has 0 saturated heterocycles. The van der Waals surface area contributed by atoms with Crippen molar-refractivity contribution in [2.45, 2.75) is 88.8 Å². The van der Waals surface area contributed by atoms with Gasteiger partial charge in [-0.05, 0) is 32.6 Å². The van der Waals surface area contributed by atoms with Crippen molar-refractivity contribution in [3.63, 3.8) is 0 Å². The summed E-state index contributed by atoms with van der Waals surface area (Å²) < 4.78 is 0. The van der Waals surface area contributed by atoms with E-state index in [9.17, 15) is 9.90 Å². The Morgan fingerprint density at radius 1 is 1.15 bits per heavy atom. The molecule has 2 rings (SSSR count). The van der Waals surface area contributed by atoms with E-state index in [0.717, 1.165) is 38.5 Å². The summed E-state index contributed by atoms with van der Waals surface area (Å²) in [6.07, 6.45) is 11.5. The second-order valence-corrected chi connectivity index (χ2v) is 6.71. The molecule has 0 spiro atoms. The van der Waals surface area contributed by atoms with E-state index in [1.165, 1.54) is 25.7 Å². The van der Waals surface area contributed by atoms with E-state index in [1.54, 1.807) is 0 Å². The zero-order valence-electron chi connectivity index (χ0n) is 12.8. The molecule has 4 nitrogen and oxygen atoms in total. The van der Waals surface area contributed by atoms with Crippen molar-refractivity contribution in [3.8, 4) is 0 Å². The van der Waals surface area contributed by atoms with Gasteiger partial charge in [-0.1, -0.05) is 38.5 Å². The van der Waals surface area contributed by atoms with Crippen LogP contribution in [0.4, 0.5) is 0 Å². The molecular formula is C16H30N2O2. The van der Waals surface area contributed by atoms with Gasteiger partial charge in [-0.2, -0.15) is 0 Å². The quantitative estimate of drug-likeness (QED) is 0.724. The SMILES string of the molecule is CC(NC1(CO)CCCCC1)C(=O)NC1CCCCC1. The first-order valence-electron chi connectivity index (χ1n) is 8.34. The summed E-state index contributed by atoms with van der Waals surface area (Å²) in [7, 11) is 0. The number of hydrogen-bond donors (Lipinski definition) is 3. The number of rotatable bonds is 5. The van der Waals surface area contributed by atoms with Crippen molar-refractivity contribution >= 4 is 5.91 Å². The molecule has 116 valence electrons. The van der Waals surface area contributed by atoms with Crippen LogP contribution in [0.15, 0.2) is 0 Å². The minimum Gasteiger partial charge on any atom is -0.394 e. The molecule has 0 bridgehead atoms. The number of carbonyl (C=O) groups excluding carboxylic acids is 1. The summed E-state index contributed by atoms with van der Waals surface area (Å²) in [6.45, 7) is 2.05. The van der Waals surface area contributed by atoms with Crippen molar-refractivity contribution in [3.05, 3.63) is 0 Å². The van der Waals surface area contributed by atoms with Crippen LogP contribution in [-0.4, -0.2) is 35.2 Å². The highest BCUT2D eigenvalue weighted by molar-refractivity contribution is 5.81. The lowest BCUT2D eigenvalue weighted by Crippen LogP contribution is -2.58. The Bertz CT molecular complexity index is 308. The van der Waals surface area contributed by atoms with Crippen molar-refractivity contribution < 1.29 is 9.90 Å². The molecular weight excluding hydrogens is 252 g/mol. The summed E-state index contributed by atoms with van der Waals surface area (Å²) in [5.41, 5.74) is -0.235. The molecule has 0 aliphatic heterocycles. The van der Waals surface area contributed by atoms with E-state index in [1.807, 2.05) is 6.92 Å². The zero-order valence-corrected chi connectivity index (χ0v) is 12.8. The fourth-order valence-corrected chi connectivity index (χ4v) is 3.67. The van der Waals surface area contributed by atoms with E-state index in [4.69, 9.17) is 0 Å². The first kappa shape index (κ1) is 15.8. The number of amides is 1. The van der Waals surface area contributed by atoms with Gasteiger partial charge in [0.05, 0.1) is 12.6 Å². The zero-order chi connectivity index (χ0) is 14.4. The smallest absolute Gasteiger partial charge is 0.237 e. The number of aliphatic hydroxyl groups is 1. The van der Waals surface area contributed by atoms with Gasteiger partial charge in [0.15, 0.2) is 0 Å². The van der Waals surface area contributed by atoms with E-state index in [0.29, 0.717) is 6.04 Å². The lowest BCUT2D eigenvalue weighted by molar-refractivity contribution is -0.124. The van der Waals surface area contributed by atoms with Crippen molar-refractivity contribution in [1.29, 1.82) is 0 Å². The maximum absolute atomic E-state index is 12.3. The molecule has 2 saturated carbocycles. The molecule has 0 aromatic heterocycles. The maximum Gasteiger partial charge on any atom is 0.237 e. The average Bonchev–Trinajstić information content (AvgIpc) is 2.49. The van der Waals surface area contributed by atoms with Gasteiger partial charge in [-0.25, -0.2) is 0 Å². The maximum atomic E-state index is 12.3. The summed E-state index contributed by atoms with van der Waals surface area (Å²) in [5.74, 6) is 0.0929. The van der Waals surface area contributed by atoms with E-state index >= 15 is 0 Å². The molecule has 0 aromatic rings. The minimum atomic E-state index is -0.235. The van der Waals surface area contributed by atoms with E-state index in [2.05, 4.69) is 10.6 Å². The van der Waals surface area contributed by atoms with Gasteiger partial charge >= 0.3 is 0 Å². The molecule has 4 heteroatoms. The molecule has 3 N–H and O–H groups in total. The summed E-state index contributed by atoms with van der Waals surface area (Å²) >= 11 is 0. The molecule has 2 aliphatic carbocycles. The van der Waals surface area contributed by atoms with Gasteiger partial charge in [0.2, 0.25) is 5.91 Å². The summed E-state index contributed by atoms with van der Waals surface area (Å²) in [5, 5.41) is 16.3. The van der Waals surface area contributed by atoms with E-state index in [-0.39, 0.29) is 24.1 Å². The van der Waals surface area contributed by atoms with Crippen LogP contribution < -0.4 is 10.6 Å². The van der Waals surface area contributed by atoms with Crippen LogP contribution in [0.2, 0.25) is 0 Å². The fourth-order valence-electron chi connectivity index (χ4n) is 3.67. The Kier molecular flexibility index (Phi) is 5.85. The van der Waals surface area contributed by atoms with Gasteiger partial charge in [0, 0.05) is 11.6 Å². The normalized spacial score (nSPS) is 25.1. The average molecular weight is 282 g/mol. The highest BCUT2D eigenvalue weighted by atomic mass is 16.3. The number of nitrogens with one attached hydrogen (secondary N) is 2. The monoisotopic (exact) mass is 282 g/mol. The molecule has 0 heterocycles. The second-order valence-electron chi connectivity index (χ2n) is 6.71. The van der Waals surface area contributed by atoms with Gasteiger partial charge in [-0.15, -0.1) is 0 Å². The Morgan fingerprint density at radius 3 is 2.35 bits per heavy atom. The Balaban J connectivity index is 1.82. The van der Waals surface area contributed by atoms with Crippen molar-refractivity contribution in [1.82, 2.24) is 10.6 Å². The third-order valence-corrected chi connectivity index (χ3v) is 4.98. The summed E-state index contributed by atoms with van der Waals surface area (Å²) in [6, 6.07) is 0.138. The first-order valence-corrected chi connectivity index (χ1v) is 8.34. The highest BCUT2D eigenvalue weighted by Crippen LogP contribution is 2.28. The predicted molar refractivity (Wildman–Crippen MR) is 80.5 cm³/mol. The third kappa shape index (κ3) is 4.19. The van der Waals surface area contributed by atoms with Crippen molar-refractivity contribution in [2.24, 2.45) is 0 Å². The lowest BCUT2D eigenvalue weighted by atomic mass is 9.81. The van der Waals surface area contributed by atoms with Crippen molar-refractivity contribution in [2.75, 3.05) is 6.61 Å². The molecule has 1 amide bonds. The third-order valence-electron chi connectivity index (χ3n) is 4.98. The largest absolute Gasteiger partial charge is 0.394 e. The van der Waals surface area contributed by atoms with Crippen LogP contribution in [0, 0.1) is 0 Å². The summed E-state index contributed by atoms with van der Waals surface area (Å²) in [4.78, 5) is 12.3. The topological polar surface area (TPSA) is 61.4 Å². The van der Waals surface area contributed by atoms with Gasteiger partial charge < -0.3 is 10.4 Å². The Hall–Kier alpha value is -0.610. The first-order chi connectivity index (χ1) is 9.65. The molecule has 1 unspecified atom stereocenters. The van der Waals surface area contributed by atoms with Crippen LogP contribution in [0.5, 0.6) is 0 Å². The van der Waals surface area contributed by atoms with Crippen LogP contribution in [0.3, 0.4) is 0 Å². The van der Waals surface area contributed by atoms with Gasteiger partial charge in [0.1, 0.15) is 0 Å². The Morgan fingerprint density at radius 2 is 1.75 bits per heavy atom. The standard InChI is InChI=1S/C16H30N2O2/c1-13(15(20)17-14-8-4-2-5-9-14)18-16(12-19)10-6-3-7-11-16/h13-14,18-19H,2-12H2,1H3,(H,17,20). The molecule has 2 fully saturated rings. The fraction of sp³-hybridized carbons (Fsp3) is 0.938. The lowest BCUT2D eigenvalue weighted by Gasteiger charge is -2.39. The van der Waals surface area contributed by atoms with Gasteiger partial charge in [0.25, 0.3) is 0 Å². The second kappa shape index (κ2) is 7.41. The van der Waals surface area contributed by atoms with Crippen LogP contribution >= 0.6 is 0 Å². The number of aliphatic hydroxyl groups excluding tert-OH is 1. The van der Waals surface area contributed by atoms with Crippen LogP contribution in [-0.2, 0) is 4.79 Å². The highest BCUT2D eigenvalue weighted by Gasteiger charge is 2.34. The number of carbonyl (C=O) groups is 1. The molecule has 0 radical (unpaired) electrons. The van der Waals surface area contributed by atoms with Crippen LogP contribution in [0.1, 0.15) is 71.1 Å². The predicted octanol–water partition coefficient (Wildman–Crippen LogP) is 2.11. The molecule has 1 atom stereocenters.